The first-order valence-electron chi connectivity index (χ1n) is 6.99. The molecule has 0 saturated carbocycles. The van der Waals surface area contributed by atoms with Crippen molar-refractivity contribution in [3.8, 4) is 0 Å². The third kappa shape index (κ3) is 2.20. The Bertz CT molecular complexity index is 317. The Morgan fingerprint density at radius 3 is 2.39 bits per heavy atom. The molecule has 2 saturated heterocycles. The normalized spacial score (nSPS) is 40.0. The minimum absolute atomic E-state index is 0.0749. The molecule has 2 rings (SSSR count). The summed E-state index contributed by atoms with van der Waals surface area (Å²) in [6, 6.07) is 0. The van der Waals surface area contributed by atoms with Gasteiger partial charge in [-0.1, -0.05) is 0 Å². The zero-order valence-electron chi connectivity index (χ0n) is 12.5. The maximum atomic E-state index is 6.27. The highest BCUT2D eigenvalue weighted by atomic mass is 16.5. The number of nitrogens with zero attached hydrogens (tertiary/aromatic N) is 1. The van der Waals surface area contributed by atoms with Crippen LogP contribution in [-0.4, -0.2) is 54.0 Å². The van der Waals surface area contributed by atoms with Crippen LogP contribution in [0.1, 0.15) is 41.0 Å². The van der Waals surface area contributed by atoms with Gasteiger partial charge < -0.3 is 15.2 Å². The minimum atomic E-state index is -0.220. The zero-order valence-corrected chi connectivity index (χ0v) is 12.5. The molecule has 2 unspecified atom stereocenters. The van der Waals surface area contributed by atoms with E-state index in [0.29, 0.717) is 6.54 Å². The lowest BCUT2D eigenvalue weighted by Gasteiger charge is -2.50. The predicted octanol–water partition coefficient (Wildman–Crippen LogP) is 1.38. The van der Waals surface area contributed by atoms with Crippen LogP contribution in [0.25, 0.3) is 0 Å². The Kier molecular flexibility index (Phi) is 3.52. The fraction of sp³-hybridized carbons (Fsp3) is 1.00. The van der Waals surface area contributed by atoms with E-state index in [-0.39, 0.29) is 22.8 Å². The van der Waals surface area contributed by atoms with E-state index in [9.17, 15) is 0 Å². The van der Waals surface area contributed by atoms with Gasteiger partial charge in [-0.05, 0) is 41.0 Å². The van der Waals surface area contributed by atoms with Gasteiger partial charge in [-0.3, -0.25) is 4.90 Å². The molecule has 2 aliphatic heterocycles. The highest BCUT2D eigenvalue weighted by Crippen LogP contribution is 2.48. The Balaban J connectivity index is 2.29. The molecule has 0 aromatic rings. The Labute approximate surface area is 111 Å². The molecule has 2 heterocycles. The van der Waals surface area contributed by atoms with E-state index < -0.39 is 0 Å². The smallest absolute Gasteiger partial charge is 0.0830 e. The minimum Gasteiger partial charge on any atom is -0.376 e. The molecule has 2 atom stereocenters. The van der Waals surface area contributed by atoms with E-state index in [1.807, 2.05) is 0 Å². The van der Waals surface area contributed by atoms with E-state index in [1.165, 1.54) is 0 Å². The Morgan fingerprint density at radius 1 is 1.28 bits per heavy atom. The van der Waals surface area contributed by atoms with Crippen LogP contribution in [0.5, 0.6) is 0 Å². The first-order chi connectivity index (χ1) is 8.22. The largest absolute Gasteiger partial charge is 0.376 e. The summed E-state index contributed by atoms with van der Waals surface area (Å²) in [4.78, 5) is 2.50. The number of rotatable bonds is 2. The second-order valence-electron chi connectivity index (χ2n) is 6.91. The molecular formula is C14H28N2O2. The van der Waals surface area contributed by atoms with Crippen molar-refractivity contribution in [1.29, 1.82) is 0 Å². The lowest BCUT2D eigenvalue weighted by Crippen LogP contribution is -2.66. The molecule has 0 aromatic heterocycles. The molecule has 0 spiro atoms. The van der Waals surface area contributed by atoms with Gasteiger partial charge in [-0.15, -0.1) is 0 Å². The van der Waals surface area contributed by atoms with Gasteiger partial charge in [0.1, 0.15) is 0 Å². The van der Waals surface area contributed by atoms with Gasteiger partial charge in [-0.2, -0.15) is 0 Å². The lowest BCUT2D eigenvalue weighted by molar-refractivity contribution is -0.127. The molecule has 0 aliphatic carbocycles. The summed E-state index contributed by atoms with van der Waals surface area (Å²) in [6.07, 6.45) is 1.26. The van der Waals surface area contributed by atoms with Crippen LogP contribution in [0.2, 0.25) is 0 Å². The highest BCUT2D eigenvalue weighted by Gasteiger charge is 2.59. The maximum Gasteiger partial charge on any atom is 0.0830 e. The van der Waals surface area contributed by atoms with Crippen molar-refractivity contribution in [2.45, 2.75) is 63.9 Å². The van der Waals surface area contributed by atoms with Gasteiger partial charge in [0.05, 0.1) is 29.5 Å². The van der Waals surface area contributed by atoms with Crippen molar-refractivity contribution in [2.24, 2.45) is 5.73 Å². The van der Waals surface area contributed by atoms with Crippen molar-refractivity contribution in [3.05, 3.63) is 0 Å². The fourth-order valence-electron chi connectivity index (χ4n) is 3.89. The van der Waals surface area contributed by atoms with E-state index in [0.717, 1.165) is 26.1 Å². The van der Waals surface area contributed by atoms with E-state index in [1.54, 1.807) is 0 Å². The fourth-order valence-corrected chi connectivity index (χ4v) is 3.89. The van der Waals surface area contributed by atoms with E-state index in [4.69, 9.17) is 15.2 Å². The molecule has 4 nitrogen and oxygen atoms in total. The summed E-state index contributed by atoms with van der Waals surface area (Å²) in [7, 11) is 0. The van der Waals surface area contributed by atoms with Crippen LogP contribution in [0.15, 0.2) is 0 Å². The van der Waals surface area contributed by atoms with Gasteiger partial charge in [0.25, 0.3) is 0 Å². The molecule has 4 heteroatoms. The summed E-state index contributed by atoms with van der Waals surface area (Å²) in [5, 5.41) is 0. The predicted molar refractivity (Wildman–Crippen MR) is 72.6 cm³/mol. The quantitative estimate of drug-likeness (QED) is 0.811. The van der Waals surface area contributed by atoms with E-state index >= 15 is 0 Å². The second kappa shape index (κ2) is 4.44. The SMILES string of the molecule is CC1CN(C2(CN)CC(C)(C)OC2(C)C)CCO1. The monoisotopic (exact) mass is 256 g/mol. The second-order valence-corrected chi connectivity index (χ2v) is 6.91. The summed E-state index contributed by atoms with van der Waals surface area (Å²) in [6.45, 7) is 14.1. The van der Waals surface area contributed by atoms with Gasteiger partial charge in [0.15, 0.2) is 0 Å². The van der Waals surface area contributed by atoms with Crippen LogP contribution in [-0.2, 0) is 9.47 Å². The number of morpholine rings is 1. The number of hydrogen-bond acceptors (Lipinski definition) is 4. The van der Waals surface area contributed by atoms with Crippen molar-refractivity contribution in [3.63, 3.8) is 0 Å². The van der Waals surface area contributed by atoms with Crippen LogP contribution in [0.3, 0.4) is 0 Å². The molecule has 0 amide bonds. The summed E-state index contributed by atoms with van der Waals surface area (Å²) >= 11 is 0. The maximum absolute atomic E-state index is 6.27. The number of ether oxygens (including phenoxy) is 2. The lowest BCUT2D eigenvalue weighted by atomic mass is 9.77. The molecule has 0 bridgehead atoms. The van der Waals surface area contributed by atoms with Crippen LogP contribution >= 0.6 is 0 Å². The molecule has 2 aliphatic rings. The number of hydrogen-bond donors (Lipinski definition) is 1. The third-order valence-electron chi connectivity index (χ3n) is 4.55. The zero-order chi connectivity index (χ0) is 13.6. The van der Waals surface area contributed by atoms with Crippen LogP contribution < -0.4 is 5.73 Å². The highest BCUT2D eigenvalue weighted by molar-refractivity contribution is 5.13. The molecule has 0 radical (unpaired) electrons. The Morgan fingerprint density at radius 2 is 1.94 bits per heavy atom. The standard InChI is InChI=1S/C14H28N2O2/c1-11-8-16(6-7-17-11)14(10-15)9-12(2,3)18-13(14,4)5/h11H,6-10,15H2,1-5H3. The van der Waals surface area contributed by atoms with Crippen molar-refractivity contribution in [1.82, 2.24) is 4.90 Å². The molecule has 2 fully saturated rings. The van der Waals surface area contributed by atoms with Crippen molar-refractivity contribution >= 4 is 0 Å². The number of nitrogens with two attached hydrogens (primary N) is 1. The molecule has 0 aromatic carbocycles. The average molecular weight is 256 g/mol. The molecule has 106 valence electrons. The van der Waals surface area contributed by atoms with Crippen molar-refractivity contribution in [2.75, 3.05) is 26.2 Å². The average Bonchev–Trinajstić information content (AvgIpc) is 2.43. The van der Waals surface area contributed by atoms with Crippen LogP contribution in [0, 0.1) is 0 Å². The van der Waals surface area contributed by atoms with Crippen LogP contribution in [0.4, 0.5) is 0 Å². The molecular weight excluding hydrogens is 228 g/mol. The van der Waals surface area contributed by atoms with Gasteiger partial charge in [0.2, 0.25) is 0 Å². The third-order valence-corrected chi connectivity index (χ3v) is 4.55. The van der Waals surface area contributed by atoms with E-state index in [2.05, 4.69) is 39.5 Å². The first kappa shape index (κ1) is 14.3. The topological polar surface area (TPSA) is 47.7 Å². The summed E-state index contributed by atoms with van der Waals surface area (Å²) in [5.74, 6) is 0. The summed E-state index contributed by atoms with van der Waals surface area (Å²) in [5.41, 5.74) is 5.78. The molecule has 18 heavy (non-hydrogen) atoms. The summed E-state index contributed by atoms with van der Waals surface area (Å²) < 4.78 is 11.9. The van der Waals surface area contributed by atoms with Crippen molar-refractivity contribution < 1.29 is 9.47 Å². The molecule has 2 N–H and O–H groups in total. The Hall–Kier alpha value is -0.160. The van der Waals surface area contributed by atoms with Gasteiger partial charge in [0, 0.05) is 19.6 Å². The van der Waals surface area contributed by atoms with Gasteiger partial charge >= 0.3 is 0 Å². The first-order valence-corrected chi connectivity index (χ1v) is 6.99. The van der Waals surface area contributed by atoms with Gasteiger partial charge in [-0.25, -0.2) is 0 Å².